The fourth-order valence-corrected chi connectivity index (χ4v) is 12.8. The number of fused-ring (bicyclic) bond motifs is 10. The van der Waals surface area contributed by atoms with Crippen molar-refractivity contribution in [2.75, 3.05) is 0 Å². The lowest BCUT2D eigenvalue weighted by molar-refractivity contribution is 0.669. The van der Waals surface area contributed by atoms with Gasteiger partial charge >= 0.3 is 0 Å². The lowest BCUT2D eigenvalue weighted by atomic mass is 9.84. The van der Waals surface area contributed by atoms with Gasteiger partial charge in [0.25, 0.3) is 0 Å². The van der Waals surface area contributed by atoms with Crippen LogP contribution in [0, 0.1) is 0 Å². The van der Waals surface area contributed by atoms with E-state index < -0.39 is 0 Å². The summed E-state index contributed by atoms with van der Waals surface area (Å²) in [6.45, 7) is 0. The van der Waals surface area contributed by atoms with Gasteiger partial charge in [-0.05, 0) is 191 Å². The molecular weight excluding hydrogens is 929 g/mol. The molecule has 1 nitrogen and oxygen atoms in total. The van der Waals surface area contributed by atoms with Gasteiger partial charge in [-0.2, -0.15) is 0 Å². The molecule has 0 radical (unpaired) electrons. The van der Waals surface area contributed by atoms with E-state index in [-0.39, 0.29) is 0 Å². The van der Waals surface area contributed by atoms with Gasteiger partial charge in [-0.3, -0.25) is 0 Å². The smallest absolute Gasteiger partial charge is 0.136 e. The molecule has 0 bridgehead atoms. The van der Waals surface area contributed by atoms with Gasteiger partial charge in [0.15, 0.2) is 0 Å². The minimum Gasteiger partial charge on any atom is -0.456 e. The van der Waals surface area contributed by atoms with Crippen LogP contribution in [-0.2, 0) is 0 Å². The average molecular weight is 975 g/mol. The molecule has 0 aliphatic rings. The van der Waals surface area contributed by atoms with Crippen LogP contribution in [-0.4, -0.2) is 0 Å². The first kappa shape index (κ1) is 43.3. The summed E-state index contributed by atoms with van der Waals surface area (Å²) in [4.78, 5) is 0. The Morgan fingerprint density at radius 2 is 0.506 bits per heavy atom. The molecule has 16 rings (SSSR count). The van der Waals surface area contributed by atoms with Crippen molar-refractivity contribution in [3.63, 3.8) is 0 Å². The van der Waals surface area contributed by atoms with Crippen molar-refractivity contribution in [3.05, 3.63) is 279 Å². The quantitative estimate of drug-likeness (QED) is 0.151. The van der Waals surface area contributed by atoms with Gasteiger partial charge in [0.1, 0.15) is 11.2 Å². The molecule has 0 unspecified atom stereocenters. The zero-order valence-electron chi connectivity index (χ0n) is 42.0. The van der Waals surface area contributed by atoms with Crippen LogP contribution in [0.4, 0.5) is 0 Å². The Kier molecular flexibility index (Phi) is 9.71. The number of hydrogen-bond acceptors (Lipinski definition) is 1. The van der Waals surface area contributed by atoms with Crippen molar-refractivity contribution in [3.8, 4) is 66.8 Å². The largest absolute Gasteiger partial charge is 0.456 e. The van der Waals surface area contributed by atoms with Crippen LogP contribution in [0.2, 0.25) is 0 Å². The highest BCUT2D eigenvalue weighted by atomic mass is 16.3. The fourth-order valence-electron chi connectivity index (χ4n) is 12.8. The van der Waals surface area contributed by atoms with E-state index in [0.717, 1.165) is 21.9 Å². The van der Waals surface area contributed by atoms with Gasteiger partial charge in [-0.15, -0.1) is 0 Å². The molecule has 0 aliphatic heterocycles. The average Bonchev–Trinajstić information content (AvgIpc) is 3.89. The summed E-state index contributed by atoms with van der Waals surface area (Å²) >= 11 is 0. The standard InChI is InChI=1S/C76H46O/c1-2-16-50-41-56(39-34-47(50)15-1)73-62-21-5-3-19-60(62)72(61-20-4-6-22-63(61)73)55-18-13-17-51(42-55)52-36-31-48-32-37-53(44-58(48)43-52)54-38-33-49-35-40-57(46-59(49)45-54)74-64-23-7-9-25-66(64)75(67-26-10-8-24-65(67)74)69-28-14-30-71-76(69)68-27-11-12-29-70(68)77-71/h1-46H. The van der Waals surface area contributed by atoms with E-state index in [1.54, 1.807) is 0 Å². The maximum absolute atomic E-state index is 6.42. The Morgan fingerprint density at radius 3 is 1.01 bits per heavy atom. The molecule has 0 saturated heterocycles. The van der Waals surface area contributed by atoms with E-state index in [0.29, 0.717) is 0 Å². The number of benzene rings is 15. The van der Waals surface area contributed by atoms with E-state index in [1.807, 2.05) is 6.07 Å². The Hall–Kier alpha value is -10.1. The van der Waals surface area contributed by atoms with E-state index in [1.165, 1.54) is 142 Å². The van der Waals surface area contributed by atoms with Crippen molar-refractivity contribution in [2.24, 2.45) is 0 Å². The zero-order chi connectivity index (χ0) is 50.6. The maximum atomic E-state index is 6.42. The van der Waals surface area contributed by atoms with Crippen molar-refractivity contribution < 1.29 is 4.42 Å². The van der Waals surface area contributed by atoms with E-state index in [2.05, 4.69) is 273 Å². The first-order valence-electron chi connectivity index (χ1n) is 26.6. The SMILES string of the molecule is c1cc(-c2ccc3ccc(-c4ccc5ccc(-c6c7ccccc7c(-c7cccc8oc9ccccc9c78)c7ccccc67)cc5c4)cc3c2)cc(-c2c3ccccc3c(-c3ccc4ccccc4c3)c3ccccc23)c1. The fraction of sp³-hybridized carbons (Fsp3) is 0. The van der Waals surface area contributed by atoms with E-state index in [9.17, 15) is 0 Å². The highest BCUT2D eigenvalue weighted by molar-refractivity contribution is 6.26. The Balaban J connectivity index is 0.785. The topological polar surface area (TPSA) is 13.1 Å². The van der Waals surface area contributed by atoms with Gasteiger partial charge in [0.2, 0.25) is 0 Å². The van der Waals surface area contributed by atoms with Gasteiger partial charge in [0, 0.05) is 10.8 Å². The predicted octanol–water partition coefficient (Wildman–Crippen LogP) is 21.7. The van der Waals surface area contributed by atoms with Crippen LogP contribution < -0.4 is 0 Å². The lowest BCUT2D eigenvalue weighted by Crippen LogP contribution is -1.91. The van der Waals surface area contributed by atoms with Crippen LogP contribution >= 0.6 is 0 Å². The molecule has 1 heterocycles. The van der Waals surface area contributed by atoms with Crippen molar-refractivity contribution in [1.82, 2.24) is 0 Å². The van der Waals surface area contributed by atoms with E-state index >= 15 is 0 Å². The summed E-state index contributed by atoms with van der Waals surface area (Å²) in [7, 11) is 0. The molecule has 1 heteroatoms. The molecule has 0 fully saturated rings. The van der Waals surface area contributed by atoms with Gasteiger partial charge in [-0.25, -0.2) is 0 Å². The summed E-state index contributed by atoms with van der Waals surface area (Å²) in [6.07, 6.45) is 0. The molecule has 356 valence electrons. The summed E-state index contributed by atoms with van der Waals surface area (Å²) in [5, 5.41) is 19.6. The molecular formula is C76H46O. The monoisotopic (exact) mass is 974 g/mol. The summed E-state index contributed by atoms with van der Waals surface area (Å²) in [5.41, 5.74) is 16.5. The second-order valence-corrected chi connectivity index (χ2v) is 20.7. The summed E-state index contributed by atoms with van der Waals surface area (Å²) in [5.74, 6) is 0. The van der Waals surface area contributed by atoms with Crippen LogP contribution in [0.1, 0.15) is 0 Å². The maximum Gasteiger partial charge on any atom is 0.136 e. The zero-order valence-corrected chi connectivity index (χ0v) is 42.0. The third-order valence-electron chi connectivity index (χ3n) is 16.4. The van der Waals surface area contributed by atoms with Gasteiger partial charge < -0.3 is 4.42 Å². The van der Waals surface area contributed by atoms with Crippen LogP contribution in [0.25, 0.3) is 164 Å². The molecule has 15 aromatic carbocycles. The first-order valence-corrected chi connectivity index (χ1v) is 26.6. The molecule has 0 saturated carbocycles. The van der Waals surface area contributed by atoms with Crippen molar-refractivity contribution in [1.29, 1.82) is 0 Å². The number of rotatable bonds is 6. The lowest BCUT2D eigenvalue weighted by Gasteiger charge is -2.18. The molecule has 0 amide bonds. The molecule has 16 aromatic rings. The van der Waals surface area contributed by atoms with Crippen LogP contribution in [0.15, 0.2) is 283 Å². The van der Waals surface area contributed by atoms with Crippen molar-refractivity contribution >= 4 is 97.3 Å². The Labute approximate surface area is 445 Å². The third-order valence-corrected chi connectivity index (χ3v) is 16.4. The first-order chi connectivity index (χ1) is 38.2. The minimum absolute atomic E-state index is 0.905. The Morgan fingerprint density at radius 1 is 0.182 bits per heavy atom. The highest BCUT2D eigenvalue weighted by Gasteiger charge is 2.22. The third kappa shape index (κ3) is 6.95. The second-order valence-electron chi connectivity index (χ2n) is 20.7. The molecule has 77 heavy (non-hydrogen) atoms. The predicted molar refractivity (Wildman–Crippen MR) is 329 cm³/mol. The number of furan rings is 1. The van der Waals surface area contributed by atoms with Gasteiger partial charge in [0.05, 0.1) is 0 Å². The second kappa shape index (κ2) is 17.2. The van der Waals surface area contributed by atoms with Crippen molar-refractivity contribution in [2.45, 2.75) is 0 Å². The minimum atomic E-state index is 0.905. The number of para-hydroxylation sites is 1. The van der Waals surface area contributed by atoms with Crippen LogP contribution in [0.3, 0.4) is 0 Å². The molecule has 0 aliphatic carbocycles. The highest BCUT2D eigenvalue weighted by Crippen LogP contribution is 2.49. The molecule has 0 spiro atoms. The van der Waals surface area contributed by atoms with E-state index in [4.69, 9.17) is 4.42 Å². The molecule has 1 aromatic heterocycles. The number of hydrogen-bond donors (Lipinski definition) is 0. The van der Waals surface area contributed by atoms with Crippen LogP contribution in [0.5, 0.6) is 0 Å². The normalized spacial score (nSPS) is 11.9. The molecule has 0 N–H and O–H groups in total. The Bertz CT molecular complexity index is 5000. The van der Waals surface area contributed by atoms with Gasteiger partial charge in [-0.1, -0.05) is 231 Å². The summed E-state index contributed by atoms with van der Waals surface area (Å²) in [6, 6.07) is 103. The molecule has 0 atom stereocenters. The summed E-state index contributed by atoms with van der Waals surface area (Å²) < 4.78 is 6.42.